The molecule has 128 valence electrons. The molecule has 1 aliphatic heterocycles. The molecule has 1 aromatic carbocycles. The lowest BCUT2D eigenvalue weighted by molar-refractivity contribution is -0.128. The van der Waals surface area contributed by atoms with Gasteiger partial charge in [0.05, 0.1) is 19.8 Å². The lowest BCUT2D eigenvalue weighted by Gasteiger charge is -2.27. The Morgan fingerprint density at radius 1 is 1.48 bits per heavy atom. The molecule has 0 fully saturated rings. The number of carbonyl (C=O) groups is 1. The molecular formula is C15H20F2N2O4. The monoisotopic (exact) mass is 330 g/mol. The van der Waals surface area contributed by atoms with E-state index in [2.05, 4.69) is 15.4 Å². The van der Waals surface area contributed by atoms with Crippen LogP contribution in [0.15, 0.2) is 18.2 Å². The van der Waals surface area contributed by atoms with Gasteiger partial charge in [0.1, 0.15) is 6.61 Å². The van der Waals surface area contributed by atoms with Crippen molar-refractivity contribution in [3.63, 3.8) is 0 Å². The summed E-state index contributed by atoms with van der Waals surface area (Å²) in [6.07, 6.45) is 0.952. The molecule has 1 heterocycles. The molecule has 0 spiro atoms. The number of hydrogen-bond donors (Lipinski definition) is 2. The van der Waals surface area contributed by atoms with Crippen LogP contribution in [0.4, 0.5) is 13.6 Å². The maximum absolute atomic E-state index is 11.8. The first-order valence-electron chi connectivity index (χ1n) is 7.33. The summed E-state index contributed by atoms with van der Waals surface area (Å²) in [7, 11) is 1.58. The van der Waals surface area contributed by atoms with Crippen LogP contribution >= 0.6 is 0 Å². The number of methoxy groups -OCH3 is 1. The Bertz CT molecular complexity index is 528. The number of ether oxygens (including phenoxy) is 3. The second-order valence-electron chi connectivity index (χ2n) is 5.05. The zero-order valence-electron chi connectivity index (χ0n) is 12.8. The Labute approximate surface area is 133 Å². The van der Waals surface area contributed by atoms with E-state index < -0.39 is 6.61 Å². The SMILES string of the molecule is COc1cccc2c1OC[C@@H](NC(=O)NCCCOC(F)F)C2. The van der Waals surface area contributed by atoms with Crippen molar-refractivity contribution in [3.8, 4) is 11.5 Å². The van der Waals surface area contributed by atoms with Gasteiger partial charge >= 0.3 is 12.6 Å². The van der Waals surface area contributed by atoms with E-state index in [1.807, 2.05) is 18.2 Å². The largest absolute Gasteiger partial charge is 0.493 e. The molecule has 1 atom stereocenters. The fourth-order valence-electron chi connectivity index (χ4n) is 2.33. The highest BCUT2D eigenvalue weighted by atomic mass is 19.3. The predicted molar refractivity (Wildman–Crippen MR) is 79.1 cm³/mol. The number of para-hydroxylation sites is 1. The van der Waals surface area contributed by atoms with Crippen molar-refractivity contribution in [1.29, 1.82) is 0 Å². The number of nitrogens with one attached hydrogen (secondary N) is 2. The van der Waals surface area contributed by atoms with Crippen LogP contribution in [-0.2, 0) is 11.2 Å². The molecule has 1 aliphatic rings. The highest BCUT2D eigenvalue weighted by Gasteiger charge is 2.23. The molecule has 1 aromatic rings. The van der Waals surface area contributed by atoms with Gasteiger partial charge in [-0.05, 0) is 18.9 Å². The highest BCUT2D eigenvalue weighted by molar-refractivity contribution is 5.74. The Morgan fingerprint density at radius 3 is 3.04 bits per heavy atom. The van der Waals surface area contributed by atoms with Crippen LogP contribution in [0, 0.1) is 0 Å². The smallest absolute Gasteiger partial charge is 0.345 e. The quantitative estimate of drug-likeness (QED) is 0.750. The van der Waals surface area contributed by atoms with Gasteiger partial charge < -0.3 is 24.8 Å². The average molecular weight is 330 g/mol. The summed E-state index contributed by atoms with van der Waals surface area (Å²) in [6.45, 7) is -2.27. The third-order valence-corrected chi connectivity index (χ3v) is 3.36. The Balaban J connectivity index is 1.73. The van der Waals surface area contributed by atoms with Gasteiger partial charge in [0.15, 0.2) is 11.5 Å². The third kappa shape index (κ3) is 5.24. The molecule has 23 heavy (non-hydrogen) atoms. The molecule has 0 bridgehead atoms. The Hall–Kier alpha value is -2.09. The van der Waals surface area contributed by atoms with E-state index >= 15 is 0 Å². The molecule has 2 amide bonds. The Kier molecular flexibility index (Phi) is 6.40. The van der Waals surface area contributed by atoms with Crippen LogP contribution in [0.5, 0.6) is 11.5 Å². The van der Waals surface area contributed by atoms with E-state index in [4.69, 9.17) is 9.47 Å². The number of amides is 2. The number of halogens is 2. The number of hydrogen-bond acceptors (Lipinski definition) is 4. The van der Waals surface area contributed by atoms with Gasteiger partial charge in [0, 0.05) is 12.1 Å². The minimum Gasteiger partial charge on any atom is -0.493 e. The summed E-state index contributed by atoms with van der Waals surface area (Å²) in [5.74, 6) is 1.38. The number of carbonyl (C=O) groups excluding carboxylic acids is 1. The predicted octanol–water partition coefficient (Wildman–Crippen LogP) is 1.93. The minimum atomic E-state index is -2.78. The summed E-state index contributed by atoms with van der Waals surface area (Å²) in [5, 5.41) is 5.39. The zero-order valence-corrected chi connectivity index (χ0v) is 12.8. The van der Waals surface area contributed by atoms with Crippen molar-refractivity contribution in [2.24, 2.45) is 0 Å². The molecule has 0 unspecified atom stereocenters. The number of alkyl halides is 2. The van der Waals surface area contributed by atoms with E-state index in [1.165, 1.54) is 0 Å². The van der Waals surface area contributed by atoms with Crippen molar-refractivity contribution >= 4 is 6.03 Å². The van der Waals surface area contributed by atoms with E-state index in [1.54, 1.807) is 7.11 Å². The number of rotatable bonds is 7. The topological polar surface area (TPSA) is 68.8 Å². The van der Waals surface area contributed by atoms with Gasteiger partial charge in [-0.25, -0.2) is 4.79 Å². The van der Waals surface area contributed by atoms with Gasteiger partial charge in [-0.1, -0.05) is 12.1 Å². The van der Waals surface area contributed by atoms with E-state index in [0.29, 0.717) is 30.9 Å². The van der Waals surface area contributed by atoms with E-state index in [-0.39, 0.29) is 25.2 Å². The standard InChI is InChI=1S/C15H20F2N2O4/c1-21-12-5-2-4-10-8-11(9-23-13(10)12)19-15(20)18-6-3-7-22-14(16)17/h2,4-5,11,14H,3,6-9H2,1H3,(H2,18,19,20)/t11-/m0/s1. The lowest BCUT2D eigenvalue weighted by atomic mass is 10.0. The molecule has 0 saturated heterocycles. The fourth-order valence-corrected chi connectivity index (χ4v) is 2.33. The van der Waals surface area contributed by atoms with Crippen LogP contribution in [-0.4, -0.2) is 45.6 Å². The summed E-state index contributed by atoms with van der Waals surface area (Å²) in [5.41, 5.74) is 0.964. The minimum absolute atomic E-state index is 0.0995. The van der Waals surface area contributed by atoms with Gasteiger partial charge in [-0.2, -0.15) is 8.78 Å². The van der Waals surface area contributed by atoms with Crippen molar-refractivity contribution < 1.29 is 27.8 Å². The molecule has 2 rings (SSSR count). The van der Waals surface area contributed by atoms with Crippen LogP contribution in [0.1, 0.15) is 12.0 Å². The Morgan fingerprint density at radius 2 is 2.30 bits per heavy atom. The zero-order chi connectivity index (χ0) is 16.7. The molecule has 0 saturated carbocycles. The van der Waals surface area contributed by atoms with Gasteiger partial charge in [-0.15, -0.1) is 0 Å². The fraction of sp³-hybridized carbons (Fsp3) is 0.533. The van der Waals surface area contributed by atoms with Gasteiger partial charge in [-0.3, -0.25) is 0 Å². The van der Waals surface area contributed by atoms with Crippen LogP contribution in [0.3, 0.4) is 0 Å². The van der Waals surface area contributed by atoms with Gasteiger partial charge in [0.25, 0.3) is 0 Å². The van der Waals surface area contributed by atoms with Crippen LogP contribution in [0.2, 0.25) is 0 Å². The van der Waals surface area contributed by atoms with Gasteiger partial charge in [0.2, 0.25) is 0 Å². The normalized spacial score (nSPS) is 16.4. The molecule has 2 N–H and O–H groups in total. The van der Waals surface area contributed by atoms with E-state index in [9.17, 15) is 13.6 Å². The van der Waals surface area contributed by atoms with Crippen molar-refractivity contribution in [2.75, 3.05) is 26.9 Å². The molecule has 6 nitrogen and oxygen atoms in total. The van der Waals surface area contributed by atoms with Crippen LogP contribution in [0.25, 0.3) is 0 Å². The maximum Gasteiger partial charge on any atom is 0.345 e. The second-order valence-corrected chi connectivity index (χ2v) is 5.05. The summed E-state index contributed by atoms with van der Waals surface area (Å²) >= 11 is 0. The molecule has 0 aliphatic carbocycles. The van der Waals surface area contributed by atoms with Crippen molar-refractivity contribution in [1.82, 2.24) is 10.6 Å². The third-order valence-electron chi connectivity index (χ3n) is 3.36. The van der Waals surface area contributed by atoms with Crippen molar-refractivity contribution in [3.05, 3.63) is 23.8 Å². The second kappa shape index (κ2) is 8.52. The lowest BCUT2D eigenvalue weighted by Crippen LogP contribution is -2.47. The first-order chi connectivity index (χ1) is 11.1. The molecular weight excluding hydrogens is 310 g/mol. The van der Waals surface area contributed by atoms with Crippen LogP contribution < -0.4 is 20.1 Å². The summed E-state index contributed by atoms with van der Waals surface area (Å²) < 4.78 is 38.5. The summed E-state index contributed by atoms with van der Waals surface area (Å²) in [4.78, 5) is 11.8. The molecule has 0 radical (unpaired) electrons. The molecule has 0 aromatic heterocycles. The van der Waals surface area contributed by atoms with E-state index in [0.717, 1.165) is 5.56 Å². The van der Waals surface area contributed by atoms with Crippen molar-refractivity contribution in [2.45, 2.75) is 25.5 Å². The number of benzene rings is 1. The number of fused-ring (bicyclic) bond motifs is 1. The molecule has 8 heteroatoms. The maximum atomic E-state index is 11.8. The highest BCUT2D eigenvalue weighted by Crippen LogP contribution is 2.34. The number of urea groups is 1. The first kappa shape index (κ1) is 17.3. The average Bonchev–Trinajstić information content (AvgIpc) is 2.53. The summed E-state index contributed by atoms with van der Waals surface area (Å²) in [6, 6.07) is 5.09. The first-order valence-corrected chi connectivity index (χ1v) is 7.33.